The first-order valence-electron chi connectivity index (χ1n) is 18.3. The largest absolute Gasteiger partial charge is 0.449 e. The van der Waals surface area contributed by atoms with Crippen molar-refractivity contribution in [3.63, 3.8) is 0 Å². The Balaban J connectivity index is 1.31. The van der Waals surface area contributed by atoms with E-state index in [2.05, 4.69) is 21.8 Å². The van der Waals surface area contributed by atoms with E-state index in [1.54, 1.807) is 36.5 Å². The summed E-state index contributed by atoms with van der Waals surface area (Å²) >= 11 is 19.6. The topological polar surface area (TPSA) is 80.9 Å². The molecule has 0 saturated carbocycles. The number of benzene rings is 4. The van der Waals surface area contributed by atoms with Crippen LogP contribution in [-0.4, -0.2) is 59.1 Å². The molecule has 0 aliphatic carbocycles. The maximum absolute atomic E-state index is 15.0. The summed E-state index contributed by atoms with van der Waals surface area (Å²) in [5.41, 5.74) is 5.83. The van der Waals surface area contributed by atoms with Gasteiger partial charge in [-0.1, -0.05) is 83.8 Å². The highest BCUT2D eigenvalue weighted by atomic mass is 35.5. The minimum Gasteiger partial charge on any atom is -0.449 e. The van der Waals surface area contributed by atoms with E-state index in [-0.39, 0.29) is 23.9 Å². The Morgan fingerprint density at radius 1 is 1.00 bits per heavy atom. The quantitative estimate of drug-likeness (QED) is 0.147. The van der Waals surface area contributed by atoms with E-state index in [4.69, 9.17) is 39.5 Å². The second-order valence-electron chi connectivity index (χ2n) is 13.8. The number of nitrogens with one attached hydrogen (secondary N) is 2. The number of H-pyrrole nitrogens is 1. The molecule has 2 amide bonds. The average Bonchev–Trinajstić information content (AvgIpc) is 3.55. The zero-order valence-electron chi connectivity index (χ0n) is 30.6. The number of cyclic esters (lactones) is 1. The van der Waals surface area contributed by atoms with Gasteiger partial charge in [-0.25, -0.2) is 9.18 Å². The molecule has 1 atom stereocenters. The summed E-state index contributed by atoms with van der Waals surface area (Å²) in [6.45, 7) is 10.6. The normalized spacial score (nSPS) is 16.1. The minimum absolute atomic E-state index is 0.0549. The number of rotatable bonds is 10. The maximum Gasteiger partial charge on any atom is 0.410 e. The molecule has 284 valence electrons. The lowest BCUT2D eigenvalue weighted by molar-refractivity contribution is 0.0499. The lowest BCUT2D eigenvalue weighted by Gasteiger charge is -2.40. The molecule has 55 heavy (non-hydrogen) atoms. The van der Waals surface area contributed by atoms with Crippen molar-refractivity contribution in [1.82, 2.24) is 14.8 Å². The summed E-state index contributed by atoms with van der Waals surface area (Å²) in [5.74, 6) is -0.958. The Bertz CT molecular complexity index is 2290. The van der Waals surface area contributed by atoms with Gasteiger partial charge in [0.05, 0.1) is 29.7 Å². The Morgan fingerprint density at radius 3 is 2.44 bits per heavy atom. The highest BCUT2D eigenvalue weighted by molar-refractivity contribution is 6.35. The van der Waals surface area contributed by atoms with E-state index in [1.165, 1.54) is 12.1 Å². The van der Waals surface area contributed by atoms with Crippen molar-refractivity contribution in [2.75, 3.05) is 36.5 Å². The number of hydrogen-bond acceptors (Lipinski definition) is 5. The molecule has 5 aromatic rings. The molecule has 2 fully saturated rings. The van der Waals surface area contributed by atoms with Gasteiger partial charge in [0.2, 0.25) is 0 Å². The molecule has 12 heteroatoms. The van der Waals surface area contributed by atoms with E-state index in [0.717, 1.165) is 28.5 Å². The van der Waals surface area contributed by atoms with Crippen LogP contribution in [0.5, 0.6) is 0 Å². The highest BCUT2D eigenvalue weighted by Crippen LogP contribution is 2.43. The summed E-state index contributed by atoms with van der Waals surface area (Å²) in [7, 11) is 0. The maximum atomic E-state index is 15.0. The second-order valence-corrected chi connectivity index (χ2v) is 15.1. The molecule has 0 spiro atoms. The Labute approximate surface area is 335 Å². The van der Waals surface area contributed by atoms with Gasteiger partial charge in [0.1, 0.15) is 11.5 Å². The molecule has 0 radical (unpaired) electrons. The van der Waals surface area contributed by atoms with Gasteiger partial charge in [0.25, 0.3) is 5.91 Å². The summed E-state index contributed by atoms with van der Waals surface area (Å²) in [6.07, 6.45) is 3.69. The van der Waals surface area contributed by atoms with E-state index < -0.39 is 11.7 Å². The predicted molar refractivity (Wildman–Crippen MR) is 221 cm³/mol. The van der Waals surface area contributed by atoms with Crippen LogP contribution < -0.4 is 10.2 Å². The van der Waals surface area contributed by atoms with E-state index >= 15 is 0 Å². The SMILES string of the molecule is C=CN(/C(=C(\C)c1ccccc1)c1c(C(=O)Nc2cc(F)ccc2N2CCC(N3CCCOC3=O)CC2)[nH]c2cc(Cl)ccc12)C(C)c1ccc(Cl)cc1Cl. The number of allylic oxidation sites excluding steroid dienone is 1. The summed E-state index contributed by atoms with van der Waals surface area (Å²) in [6, 6.07) is 24.9. The molecule has 1 unspecified atom stereocenters. The number of hydrogen-bond donors (Lipinski definition) is 2. The number of fused-ring (bicyclic) bond motifs is 1. The standard InChI is InChI=1S/C43H41Cl3FN5O3/c1-4-51(27(3)33-14-11-29(44)23-35(33)46)41(26(2)28-9-6-5-7-10-28)39-34-15-12-30(45)24-36(34)48-40(39)42(53)49-37-25-31(47)13-16-38(37)50-20-17-32(18-21-50)52-19-8-22-55-43(52)54/h4-7,9-16,23-25,27,32,48H,1,8,17-22H2,2-3H3,(H,49,53)/b41-26+. The van der Waals surface area contributed by atoms with Crippen LogP contribution in [0.3, 0.4) is 0 Å². The van der Waals surface area contributed by atoms with Crippen LogP contribution in [0.4, 0.5) is 20.6 Å². The zero-order chi connectivity index (χ0) is 38.8. The van der Waals surface area contributed by atoms with Gasteiger partial charge in [-0.3, -0.25) is 4.79 Å². The first-order chi connectivity index (χ1) is 26.5. The third-order valence-electron chi connectivity index (χ3n) is 10.5. The summed E-state index contributed by atoms with van der Waals surface area (Å²) < 4.78 is 20.3. The fourth-order valence-electron chi connectivity index (χ4n) is 7.74. The van der Waals surface area contributed by atoms with Crippen LogP contribution in [-0.2, 0) is 4.74 Å². The van der Waals surface area contributed by atoms with Crippen molar-refractivity contribution >= 4 is 80.4 Å². The van der Waals surface area contributed by atoms with Crippen molar-refractivity contribution in [3.05, 3.63) is 141 Å². The number of piperidine rings is 1. The van der Waals surface area contributed by atoms with E-state index in [9.17, 15) is 14.0 Å². The number of nitrogens with zero attached hydrogens (tertiary/aromatic N) is 3. The Hall–Kier alpha value is -4.96. The molecular formula is C43H41Cl3FN5O3. The monoisotopic (exact) mass is 799 g/mol. The lowest BCUT2D eigenvalue weighted by atomic mass is 9.95. The van der Waals surface area contributed by atoms with Crippen LogP contribution >= 0.6 is 34.8 Å². The zero-order valence-corrected chi connectivity index (χ0v) is 32.8. The lowest BCUT2D eigenvalue weighted by Crippen LogP contribution is -2.50. The highest BCUT2D eigenvalue weighted by Gasteiger charge is 2.33. The fourth-order valence-corrected chi connectivity index (χ4v) is 8.48. The van der Waals surface area contributed by atoms with Crippen LogP contribution in [0.15, 0.2) is 97.7 Å². The van der Waals surface area contributed by atoms with Crippen LogP contribution in [0.25, 0.3) is 22.2 Å². The summed E-state index contributed by atoms with van der Waals surface area (Å²) in [4.78, 5) is 36.5. The van der Waals surface area contributed by atoms with Crippen molar-refractivity contribution in [3.8, 4) is 0 Å². The van der Waals surface area contributed by atoms with Gasteiger partial charge in [0.15, 0.2) is 0 Å². The minimum atomic E-state index is -0.486. The number of amides is 2. The van der Waals surface area contributed by atoms with E-state index in [1.807, 2.05) is 66.1 Å². The number of carbonyl (C=O) groups excluding carboxylic acids is 2. The summed E-state index contributed by atoms with van der Waals surface area (Å²) in [5, 5.41) is 5.31. The fraction of sp³-hybridized carbons (Fsp3) is 0.256. The number of aromatic nitrogens is 1. The predicted octanol–water partition coefficient (Wildman–Crippen LogP) is 11.4. The first kappa shape index (κ1) is 38.3. The Morgan fingerprint density at radius 2 is 1.73 bits per heavy atom. The number of ether oxygens (including phenoxy) is 1. The second kappa shape index (κ2) is 16.4. The average molecular weight is 801 g/mol. The molecule has 2 saturated heterocycles. The molecule has 8 nitrogen and oxygen atoms in total. The third-order valence-corrected chi connectivity index (χ3v) is 11.3. The van der Waals surface area contributed by atoms with E-state index in [0.29, 0.717) is 82.3 Å². The van der Waals surface area contributed by atoms with Crippen molar-refractivity contribution < 1.29 is 18.7 Å². The van der Waals surface area contributed by atoms with Crippen LogP contribution in [0, 0.1) is 5.82 Å². The number of aromatic amines is 1. The molecule has 2 aliphatic heterocycles. The van der Waals surface area contributed by atoms with Crippen molar-refractivity contribution in [1.29, 1.82) is 0 Å². The van der Waals surface area contributed by atoms with Gasteiger partial charge in [-0.2, -0.15) is 0 Å². The first-order valence-corrected chi connectivity index (χ1v) is 19.4. The molecule has 7 rings (SSSR count). The molecule has 2 N–H and O–H groups in total. The van der Waals surface area contributed by atoms with Gasteiger partial charge in [-0.05, 0) is 98.5 Å². The van der Waals surface area contributed by atoms with Crippen molar-refractivity contribution in [2.45, 2.75) is 45.2 Å². The van der Waals surface area contributed by atoms with Gasteiger partial charge in [0, 0.05) is 57.2 Å². The van der Waals surface area contributed by atoms with Crippen molar-refractivity contribution in [2.24, 2.45) is 0 Å². The molecule has 4 aromatic carbocycles. The Kier molecular flexibility index (Phi) is 11.4. The molecular weight excluding hydrogens is 760 g/mol. The van der Waals surface area contributed by atoms with Gasteiger partial charge in [-0.15, -0.1) is 0 Å². The third kappa shape index (κ3) is 7.92. The van der Waals surface area contributed by atoms with Gasteiger partial charge < -0.3 is 29.7 Å². The van der Waals surface area contributed by atoms with Crippen LogP contribution in [0.1, 0.15) is 66.3 Å². The number of anilines is 2. The smallest absolute Gasteiger partial charge is 0.410 e. The van der Waals surface area contributed by atoms with Gasteiger partial charge >= 0.3 is 6.09 Å². The molecule has 3 heterocycles. The molecule has 1 aromatic heterocycles. The van der Waals surface area contributed by atoms with Crippen LogP contribution in [0.2, 0.25) is 15.1 Å². The number of halogens is 4. The molecule has 2 aliphatic rings. The molecule has 0 bridgehead atoms. The number of carbonyl (C=O) groups is 2.